The summed E-state index contributed by atoms with van der Waals surface area (Å²) in [5.41, 5.74) is 2.36. The summed E-state index contributed by atoms with van der Waals surface area (Å²) in [5.74, 6) is -1.33. The summed E-state index contributed by atoms with van der Waals surface area (Å²) < 4.78 is 4.75. The molecule has 4 aromatic carbocycles. The second-order valence-corrected chi connectivity index (χ2v) is 8.22. The fourth-order valence-corrected chi connectivity index (χ4v) is 3.99. The largest absolute Gasteiger partial charge is 0.505 e. The van der Waals surface area contributed by atoms with Crippen LogP contribution in [0.3, 0.4) is 0 Å². The van der Waals surface area contributed by atoms with Crippen LogP contribution in [0.2, 0.25) is 0 Å². The lowest BCUT2D eigenvalue weighted by molar-refractivity contribution is -0.139. The summed E-state index contributed by atoms with van der Waals surface area (Å²) in [6.45, 7) is 0. The van der Waals surface area contributed by atoms with Gasteiger partial charge in [-0.1, -0.05) is 42.5 Å². The van der Waals surface area contributed by atoms with E-state index in [1.807, 2.05) is 6.07 Å². The van der Waals surface area contributed by atoms with Gasteiger partial charge in [0.25, 0.3) is 5.91 Å². The number of hydrogen-bond acceptors (Lipinski definition) is 7. The molecule has 1 aromatic heterocycles. The average molecular weight is 495 g/mol. The number of methoxy groups -OCH3 is 1. The number of azo groups is 1. The van der Waals surface area contributed by atoms with Gasteiger partial charge in [-0.05, 0) is 41.3 Å². The number of phenolic OH excluding ortho intramolecular Hbond substituents is 1. The van der Waals surface area contributed by atoms with Gasteiger partial charge in [-0.25, -0.2) is 4.79 Å². The molecular formula is C27H21N5O5. The van der Waals surface area contributed by atoms with Gasteiger partial charge in [0.05, 0.1) is 35.8 Å². The van der Waals surface area contributed by atoms with Crippen molar-refractivity contribution in [1.29, 1.82) is 0 Å². The monoisotopic (exact) mass is 495 g/mol. The van der Waals surface area contributed by atoms with Crippen molar-refractivity contribution in [3.8, 4) is 5.75 Å². The third kappa shape index (κ3) is 4.80. The Labute approximate surface area is 209 Å². The Balaban J connectivity index is 1.53. The highest BCUT2D eigenvalue weighted by atomic mass is 16.5. The van der Waals surface area contributed by atoms with Crippen LogP contribution in [0.25, 0.3) is 21.8 Å². The number of ether oxygens (including phenoxy) is 1. The minimum atomic E-state index is -0.567. The second kappa shape index (κ2) is 9.78. The van der Waals surface area contributed by atoms with Crippen molar-refractivity contribution in [1.82, 2.24) is 9.97 Å². The molecule has 0 aliphatic heterocycles. The molecule has 0 unspecified atom stereocenters. The molecule has 5 rings (SSSR count). The lowest BCUT2D eigenvalue weighted by Crippen LogP contribution is -2.12. The van der Waals surface area contributed by atoms with Crippen LogP contribution in [-0.4, -0.2) is 34.1 Å². The SMILES string of the molecule is COC(=O)Cc1ccccc1N=Nc1c(O)c(C(=O)Nc2ccc3[nH]c(=O)[nH]c3c2)cc2ccccc12. The highest BCUT2D eigenvalue weighted by Gasteiger charge is 2.19. The fourth-order valence-electron chi connectivity index (χ4n) is 3.99. The topological polar surface area (TPSA) is 149 Å². The van der Waals surface area contributed by atoms with E-state index in [2.05, 4.69) is 25.5 Å². The Kier molecular flexibility index (Phi) is 6.21. The zero-order chi connectivity index (χ0) is 25.9. The Bertz CT molecular complexity index is 1750. The van der Waals surface area contributed by atoms with Gasteiger partial charge >= 0.3 is 11.7 Å². The molecule has 184 valence electrons. The molecule has 1 amide bonds. The Morgan fingerprint density at radius 3 is 2.54 bits per heavy atom. The maximum atomic E-state index is 13.2. The molecule has 10 nitrogen and oxygen atoms in total. The summed E-state index contributed by atoms with van der Waals surface area (Å²) in [7, 11) is 1.31. The van der Waals surface area contributed by atoms with Crippen LogP contribution in [0.1, 0.15) is 15.9 Å². The maximum absolute atomic E-state index is 13.2. The predicted octanol–water partition coefficient (Wildman–Crippen LogP) is 5.10. The van der Waals surface area contributed by atoms with E-state index in [0.717, 1.165) is 0 Å². The first-order valence-corrected chi connectivity index (χ1v) is 11.3. The molecule has 10 heteroatoms. The molecular weight excluding hydrogens is 474 g/mol. The number of esters is 1. The number of rotatable bonds is 6. The van der Waals surface area contributed by atoms with Crippen molar-refractivity contribution < 1.29 is 19.4 Å². The number of carbonyl (C=O) groups excluding carboxylic acids is 2. The molecule has 0 saturated heterocycles. The lowest BCUT2D eigenvalue weighted by Gasteiger charge is -2.11. The second-order valence-electron chi connectivity index (χ2n) is 8.22. The molecule has 0 fully saturated rings. The van der Waals surface area contributed by atoms with Crippen molar-refractivity contribution in [2.45, 2.75) is 6.42 Å². The number of carbonyl (C=O) groups is 2. The summed E-state index contributed by atoms with van der Waals surface area (Å²) >= 11 is 0. The summed E-state index contributed by atoms with van der Waals surface area (Å²) in [6, 6.07) is 20.6. The van der Waals surface area contributed by atoms with Crippen LogP contribution in [0.15, 0.2) is 87.8 Å². The van der Waals surface area contributed by atoms with Gasteiger partial charge in [0, 0.05) is 11.1 Å². The molecule has 0 spiro atoms. The van der Waals surface area contributed by atoms with Gasteiger partial charge in [0.1, 0.15) is 5.69 Å². The number of aromatic hydroxyl groups is 1. The molecule has 1 heterocycles. The number of aromatic nitrogens is 2. The molecule has 0 aliphatic carbocycles. The van der Waals surface area contributed by atoms with Crippen molar-refractivity contribution in [2.75, 3.05) is 12.4 Å². The van der Waals surface area contributed by atoms with Gasteiger partial charge < -0.3 is 25.1 Å². The van der Waals surface area contributed by atoms with Gasteiger partial charge in [-0.15, -0.1) is 5.11 Å². The number of imidazole rings is 1. The minimum Gasteiger partial charge on any atom is -0.505 e. The first-order chi connectivity index (χ1) is 17.9. The average Bonchev–Trinajstić information content (AvgIpc) is 3.27. The van der Waals surface area contributed by atoms with Crippen molar-refractivity contribution in [2.24, 2.45) is 10.2 Å². The van der Waals surface area contributed by atoms with Gasteiger partial charge in [0.15, 0.2) is 5.75 Å². The van der Waals surface area contributed by atoms with E-state index in [4.69, 9.17) is 4.74 Å². The number of amides is 1. The standard InChI is InChI=1S/C27H21N5O5/c1-37-23(33)13-16-7-3-5-9-20(16)31-32-24-18-8-4-2-6-15(18)12-19(25(24)34)26(35)28-17-10-11-21-22(14-17)30-27(36)29-21/h2-12,14,34H,13H2,1H3,(H,28,35)(H2,29,30,36). The van der Waals surface area contributed by atoms with E-state index < -0.39 is 11.9 Å². The van der Waals surface area contributed by atoms with E-state index in [9.17, 15) is 19.5 Å². The smallest absolute Gasteiger partial charge is 0.323 e. The number of hydrogen-bond donors (Lipinski definition) is 4. The molecule has 0 saturated carbocycles. The quantitative estimate of drug-likeness (QED) is 0.191. The fraction of sp³-hybridized carbons (Fsp3) is 0.0741. The molecule has 0 bridgehead atoms. The van der Waals surface area contributed by atoms with Crippen LogP contribution in [-0.2, 0) is 16.0 Å². The lowest BCUT2D eigenvalue weighted by atomic mass is 10.0. The van der Waals surface area contributed by atoms with Crippen LogP contribution in [0.5, 0.6) is 5.75 Å². The highest BCUT2D eigenvalue weighted by Crippen LogP contribution is 2.40. The van der Waals surface area contributed by atoms with Crippen LogP contribution < -0.4 is 11.0 Å². The molecule has 0 radical (unpaired) electrons. The van der Waals surface area contributed by atoms with Crippen LogP contribution >= 0.6 is 0 Å². The summed E-state index contributed by atoms with van der Waals surface area (Å²) in [5, 5.41) is 23.7. The molecule has 0 atom stereocenters. The van der Waals surface area contributed by atoms with Crippen molar-refractivity contribution >= 4 is 50.7 Å². The number of phenols is 1. The number of aromatic amines is 2. The zero-order valence-electron chi connectivity index (χ0n) is 19.6. The van der Waals surface area contributed by atoms with Crippen molar-refractivity contribution in [3.05, 3.63) is 94.4 Å². The van der Waals surface area contributed by atoms with Gasteiger partial charge in [-0.2, -0.15) is 5.11 Å². The van der Waals surface area contributed by atoms with E-state index in [1.165, 1.54) is 7.11 Å². The first kappa shape index (κ1) is 23.5. The third-order valence-corrected chi connectivity index (χ3v) is 5.83. The summed E-state index contributed by atoms with van der Waals surface area (Å²) in [6.07, 6.45) is 0.0115. The van der Waals surface area contributed by atoms with E-state index in [-0.39, 0.29) is 29.1 Å². The molecule has 0 aliphatic rings. The van der Waals surface area contributed by atoms with E-state index >= 15 is 0 Å². The molecule has 4 N–H and O–H groups in total. The number of anilines is 1. The number of nitrogens with one attached hydrogen (secondary N) is 3. The zero-order valence-corrected chi connectivity index (χ0v) is 19.6. The van der Waals surface area contributed by atoms with Gasteiger partial charge in [0.2, 0.25) is 0 Å². The van der Waals surface area contributed by atoms with E-state index in [1.54, 1.807) is 66.7 Å². The normalized spacial score (nSPS) is 11.3. The van der Waals surface area contributed by atoms with E-state index in [0.29, 0.717) is 38.7 Å². The van der Waals surface area contributed by atoms with Crippen LogP contribution in [0.4, 0.5) is 17.1 Å². The Morgan fingerprint density at radius 1 is 0.946 bits per heavy atom. The number of nitrogens with zero attached hydrogens (tertiary/aromatic N) is 2. The minimum absolute atomic E-state index is 0.00171. The predicted molar refractivity (Wildman–Crippen MR) is 139 cm³/mol. The van der Waals surface area contributed by atoms with Crippen molar-refractivity contribution in [3.63, 3.8) is 0 Å². The maximum Gasteiger partial charge on any atom is 0.323 e. The highest BCUT2D eigenvalue weighted by molar-refractivity contribution is 6.12. The Morgan fingerprint density at radius 2 is 1.70 bits per heavy atom. The summed E-state index contributed by atoms with van der Waals surface area (Å²) in [4.78, 5) is 41.8. The number of benzene rings is 4. The molecule has 37 heavy (non-hydrogen) atoms. The third-order valence-electron chi connectivity index (χ3n) is 5.83. The number of H-pyrrole nitrogens is 2. The van der Waals surface area contributed by atoms with Gasteiger partial charge in [-0.3, -0.25) is 9.59 Å². The first-order valence-electron chi connectivity index (χ1n) is 11.3. The molecule has 5 aromatic rings. The Hall–Kier alpha value is -5.25. The van der Waals surface area contributed by atoms with Crippen LogP contribution in [0, 0.1) is 0 Å². The number of fused-ring (bicyclic) bond motifs is 2.